The highest BCUT2D eigenvalue weighted by molar-refractivity contribution is 7.93. The van der Waals surface area contributed by atoms with Crippen molar-refractivity contribution in [2.75, 3.05) is 20.1 Å². The van der Waals surface area contributed by atoms with Crippen LogP contribution in [0.3, 0.4) is 0 Å². The Morgan fingerprint density at radius 2 is 1.61 bits per heavy atom. The van der Waals surface area contributed by atoms with Gasteiger partial charge in [-0.3, -0.25) is 14.4 Å². The zero-order valence-corrected chi connectivity index (χ0v) is 23.5. The summed E-state index contributed by atoms with van der Waals surface area (Å²) in [4.78, 5) is 15.1. The average molecular weight is 596 g/mol. The SMILES string of the molecule is CCCCn1cc(CN2CCC(C(=O)NC)(S(=O)(=O)c3ccc(Oc4ccc(OC(F)(F)F)cc4)cc3)CC2)nn1. The Labute approximate surface area is 236 Å². The van der Waals surface area contributed by atoms with Gasteiger partial charge in [0.2, 0.25) is 5.91 Å². The number of sulfone groups is 1. The van der Waals surface area contributed by atoms with Gasteiger partial charge in [0.15, 0.2) is 14.6 Å². The molecule has 1 aliphatic heterocycles. The van der Waals surface area contributed by atoms with E-state index in [-0.39, 0.29) is 29.2 Å². The molecule has 3 aromatic rings. The van der Waals surface area contributed by atoms with Crippen molar-refractivity contribution in [3.05, 3.63) is 60.4 Å². The lowest BCUT2D eigenvalue weighted by molar-refractivity contribution is -0.274. The molecule has 2 aromatic carbocycles. The van der Waals surface area contributed by atoms with Crippen molar-refractivity contribution < 1.29 is 35.9 Å². The average Bonchev–Trinajstić information content (AvgIpc) is 3.39. The van der Waals surface area contributed by atoms with E-state index in [1.54, 1.807) is 4.68 Å². The van der Waals surface area contributed by atoms with Crippen molar-refractivity contribution in [1.29, 1.82) is 0 Å². The van der Waals surface area contributed by atoms with Crippen LogP contribution in [0.15, 0.2) is 59.6 Å². The molecule has 0 aliphatic carbocycles. The van der Waals surface area contributed by atoms with Gasteiger partial charge in [-0.15, -0.1) is 18.3 Å². The highest BCUT2D eigenvalue weighted by Crippen LogP contribution is 2.37. The quantitative estimate of drug-likeness (QED) is 0.349. The molecule has 2 heterocycles. The molecular formula is C27H32F3N5O5S. The summed E-state index contributed by atoms with van der Waals surface area (Å²) < 4.78 is 74.4. The Hall–Kier alpha value is -3.65. The standard InChI is InChI=1S/C27H32F3N5O5S/c1-3-4-15-35-19-20(32-33-35)18-34-16-13-26(14-17-34,25(36)31-2)41(37,38)24-11-9-22(10-12-24)39-21-5-7-23(8-6-21)40-27(28,29)30/h5-12,19H,3-4,13-18H2,1-2H3,(H,31,36). The predicted octanol–water partition coefficient (Wildman–Crippen LogP) is 4.32. The molecule has 1 saturated heterocycles. The molecule has 222 valence electrons. The van der Waals surface area contributed by atoms with Crippen LogP contribution in [-0.4, -0.2) is 65.5 Å². The molecule has 10 nitrogen and oxygen atoms in total. The summed E-state index contributed by atoms with van der Waals surface area (Å²) in [5.74, 6) is -0.460. The summed E-state index contributed by atoms with van der Waals surface area (Å²) in [5.41, 5.74) is 0.787. The van der Waals surface area contributed by atoms with Crippen LogP contribution in [-0.2, 0) is 27.7 Å². The number of nitrogens with zero attached hydrogens (tertiary/aromatic N) is 4. The van der Waals surface area contributed by atoms with Crippen molar-refractivity contribution in [2.45, 2.75) is 61.7 Å². The first-order chi connectivity index (χ1) is 19.5. The molecule has 0 spiro atoms. The maximum absolute atomic E-state index is 13.8. The van der Waals surface area contributed by atoms with Crippen molar-refractivity contribution >= 4 is 15.7 Å². The van der Waals surface area contributed by atoms with Gasteiger partial charge in [-0.05, 0) is 67.8 Å². The van der Waals surface area contributed by atoms with Crippen LogP contribution >= 0.6 is 0 Å². The Bertz CT molecular complexity index is 1420. The molecule has 1 N–H and O–H groups in total. The van der Waals surface area contributed by atoms with E-state index in [2.05, 4.69) is 32.2 Å². The van der Waals surface area contributed by atoms with E-state index in [1.165, 1.54) is 43.4 Å². The first-order valence-corrected chi connectivity index (χ1v) is 14.7. The lowest BCUT2D eigenvalue weighted by Gasteiger charge is -2.39. The largest absolute Gasteiger partial charge is 0.573 e. The van der Waals surface area contributed by atoms with Crippen LogP contribution in [0.1, 0.15) is 38.3 Å². The summed E-state index contributed by atoms with van der Waals surface area (Å²) in [5, 5.41) is 10.9. The number of likely N-dealkylation sites (tertiary alicyclic amines) is 1. The number of aromatic nitrogens is 3. The van der Waals surface area contributed by atoms with Gasteiger partial charge in [0.05, 0.1) is 10.6 Å². The first kappa shape index (κ1) is 30.3. The van der Waals surface area contributed by atoms with E-state index in [1.807, 2.05) is 6.20 Å². The van der Waals surface area contributed by atoms with Crippen LogP contribution in [0.25, 0.3) is 0 Å². The van der Waals surface area contributed by atoms with Gasteiger partial charge in [0.1, 0.15) is 17.2 Å². The minimum absolute atomic E-state index is 0.0327. The minimum atomic E-state index is -4.80. The molecule has 41 heavy (non-hydrogen) atoms. The monoisotopic (exact) mass is 595 g/mol. The van der Waals surface area contributed by atoms with Gasteiger partial charge in [-0.25, -0.2) is 8.42 Å². The number of aryl methyl sites for hydroxylation is 1. The molecule has 1 aliphatic rings. The number of ether oxygens (including phenoxy) is 2. The maximum Gasteiger partial charge on any atom is 0.573 e. The third kappa shape index (κ3) is 7.17. The minimum Gasteiger partial charge on any atom is -0.457 e. The summed E-state index contributed by atoms with van der Waals surface area (Å²) in [6, 6.07) is 10.4. The topological polar surface area (TPSA) is 116 Å². The molecule has 0 saturated carbocycles. The van der Waals surface area contributed by atoms with Crippen molar-refractivity contribution in [1.82, 2.24) is 25.2 Å². The van der Waals surface area contributed by atoms with Crippen molar-refractivity contribution in [3.8, 4) is 17.2 Å². The maximum atomic E-state index is 13.8. The molecule has 1 fully saturated rings. The van der Waals surface area contributed by atoms with E-state index >= 15 is 0 Å². The number of carbonyl (C=O) groups excluding carboxylic acids is 1. The highest BCUT2D eigenvalue weighted by Gasteiger charge is 2.52. The van der Waals surface area contributed by atoms with Gasteiger partial charge in [-0.2, -0.15) is 0 Å². The van der Waals surface area contributed by atoms with E-state index < -0.39 is 32.6 Å². The fourth-order valence-corrected chi connectivity index (χ4v) is 6.76. The van der Waals surface area contributed by atoms with E-state index in [4.69, 9.17) is 4.74 Å². The third-order valence-electron chi connectivity index (χ3n) is 6.96. The number of hydrogen-bond acceptors (Lipinski definition) is 8. The smallest absolute Gasteiger partial charge is 0.457 e. The number of piperidine rings is 1. The van der Waals surface area contributed by atoms with E-state index in [0.717, 1.165) is 37.2 Å². The van der Waals surface area contributed by atoms with Gasteiger partial charge >= 0.3 is 6.36 Å². The Morgan fingerprint density at radius 3 is 2.17 bits per heavy atom. The lowest BCUT2D eigenvalue weighted by Crippen LogP contribution is -2.57. The molecule has 0 unspecified atom stereocenters. The number of carbonyl (C=O) groups is 1. The zero-order chi connectivity index (χ0) is 29.7. The number of unbranched alkanes of at least 4 members (excludes halogenated alkanes) is 1. The summed E-state index contributed by atoms with van der Waals surface area (Å²) in [7, 11) is -2.68. The Balaban J connectivity index is 1.44. The van der Waals surface area contributed by atoms with Crippen molar-refractivity contribution in [2.24, 2.45) is 0 Å². The summed E-state index contributed by atoms with van der Waals surface area (Å²) in [6.45, 7) is 4.15. The fourth-order valence-electron chi connectivity index (χ4n) is 4.75. The van der Waals surface area contributed by atoms with Crippen molar-refractivity contribution in [3.63, 3.8) is 0 Å². The number of hydrogen-bond donors (Lipinski definition) is 1. The molecular weight excluding hydrogens is 563 g/mol. The number of rotatable bonds is 11. The number of amides is 1. The van der Waals surface area contributed by atoms with Gasteiger partial charge in [0, 0.05) is 39.4 Å². The van der Waals surface area contributed by atoms with Crippen LogP contribution < -0.4 is 14.8 Å². The fraction of sp³-hybridized carbons (Fsp3) is 0.444. The third-order valence-corrected chi connectivity index (χ3v) is 9.47. The van der Waals surface area contributed by atoms with Gasteiger partial charge in [0.25, 0.3) is 0 Å². The predicted molar refractivity (Wildman–Crippen MR) is 143 cm³/mol. The van der Waals surface area contributed by atoms with Crippen LogP contribution in [0.4, 0.5) is 13.2 Å². The summed E-state index contributed by atoms with van der Waals surface area (Å²) >= 11 is 0. The second kappa shape index (κ2) is 12.5. The van der Waals surface area contributed by atoms with Crippen LogP contribution in [0, 0.1) is 0 Å². The number of alkyl halides is 3. The summed E-state index contributed by atoms with van der Waals surface area (Å²) in [6.07, 6.45) is -0.665. The second-order valence-corrected chi connectivity index (χ2v) is 12.0. The second-order valence-electron chi connectivity index (χ2n) is 9.77. The first-order valence-electron chi connectivity index (χ1n) is 13.2. The Kier molecular flexibility index (Phi) is 9.22. The molecule has 0 bridgehead atoms. The van der Waals surface area contributed by atoms with E-state index in [0.29, 0.717) is 19.6 Å². The Morgan fingerprint density at radius 1 is 1.02 bits per heavy atom. The van der Waals surface area contributed by atoms with Crippen LogP contribution in [0.2, 0.25) is 0 Å². The molecule has 14 heteroatoms. The number of benzene rings is 2. The zero-order valence-electron chi connectivity index (χ0n) is 22.7. The van der Waals surface area contributed by atoms with E-state index in [9.17, 15) is 26.4 Å². The van der Waals surface area contributed by atoms with Gasteiger partial charge < -0.3 is 14.8 Å². The molecule has 4 rings (SSSR count). The van der Waals surface area contributed by atoms with Gasteiger partial charge in [-0.1, -0.05) is 18.6 Å². The number of halogens is 3. The molecule has 0 atom stereocenters. The lowest BCUT2D eigenvalue weighted by atomic mass is 9.94. The number of nitrogens with one attached hydrogen (secondary N) is 1. The molecule has 0 radical (unpaired) electrons. The van der Waals surface area contributed by atoms with Crippen LogP contribution in [0.5, 0.6) is 17.2 Å². The molecule has 1 amide bonds. The highest BCUT2D eigenvalue weighted by atomic mass is 32.2. The molecule has 1 aromatic heterocycles. The normalized spacial score (nSPS) is 15.8.